The van der Waals surface area contributed by atoms with E-state index in [2.05, 4.69) is 11.1 Å². The predicted octanol–water partition coefficient (Wildman–Crippen LogP) is 6.31. The second-order valence-corrected chi connectivity index (χ2v) is 6.73. The van der Waals surface area contributed by atoms with Gasteiger partial charge in [-0.15, -0.1) is 0 Å². The molecule has 3 aromatic rings. The van der Waals surface area contributed by atoms with Crippen molar-refractivity contribution in [3.63, 3.8) is 0 Å². The van der Waals surface area contributed by atoms with E-state index >= 15 is 0 Å². The summed E-state index contributed by atoms with van der Waals surface area (Å²) >= 11 is 0. The molecule has 0 aliphatic carbocycles. The van der Waals surface area contributed by atoms with Crippen molar-refractivity contribution in [3.05, 3.63) is 107 Å². The third-order valence-electron chi connectivity index (χ3n) is 4.70. The second-order valence-electron chi connectivity index (χ2n) is 6.73. The van der Waals surface area contributed by atoms with Crippen molar-refractivity contribution < 1.29 is 13.2 Å². The third-order valence-corrected chi connectivity index (χ3v) is 4.70. The van der Waals surface area contributed by atoms with Gasteiger partial charge in [0.05, 0.1) is 11.6 Å². The van der Waals surface area contributed by atoms with E-state index in [1.165, 1.54) is 12.1 Å². The van der Waals surface area contributed by atoms with Gasteiger partial charge in [-0.1, -0.05) is 66.7 Å². The van der Waals surface area contributed by atoms with Gasteiger partial charge in [-0.05, 0) is 42.2 Å². The van der Waals surface area contributed by atoms with Crippen LogP contribution in [0.3, 0.4) is 0 Å². The Morgan fingerprint density at radius 1 is 0.931 bits per heavy atom. The van der Waals surface area contributed by atoms with Crippen LogP contribution in [0.5, 0.6) is 0 Å². The molecule has 0 saturated carbocycles. The van der Waals surface area contributed by atoms with Crippen molar-refractivity contribution >= 4 is 5.71 Å². The van der Waals surface area contributed by atoms with E-state index < -0.39 is 11.7 Å². The van der Waals surface area contributed by atoms with Gasteiger partial charge in [0.15, 0.2) is 0 Å². The molecular weight excluding hydrogens is 373 g/mol. The van der Waals surface area contributed by atoms with E-state index in [-0.39, 0.29) is 11.8 Å². The minimum atomic E-state index is -4.42. The molecule has 0 aromatic heterocycles. The number of hydrogen-bond donors (Lipinski definition) is 0. The monoisotopic (exact) mass is 392 g/mol. The van der Waals surface area contributed by atoms with E-state index in [1.54, 1.807) is 0 Å². The molecule has 0 unspecified atom stereocenters. The summed E-state index contributed by atoms with van der Waals surface area (Å²) < 4.78 is 38.5. The van der Waals surface area contributed by atoms with Crippen LogP contribution in [0.25, 0.3) is 0 Å². The summed E-state index contributed by atoms with van der Waals surface area (Å²) in [5, 5.41) is 9.64. The average molecular weight is 392 g/mol. The molecule has 1 atom stereocenters. The lowest BCUT2D eigenvalue weighted by Crippen LogP contribution is -2.09. The Labute approximate surface area is 168 Å². The minimum absolute atomic E-state index is 0.114. The highest BCUT2D eigenvalue weighted by molar-refractivity contribution is 6.11. The molecule has 0 fully saturated rings. The molecule has 0 bridgehead atoms. The van der Waals surface area contributed by atoms with Gasteiger partial charge in [0, 0.05) is 5.56 Å². The van der Waals surface area contributed by atoms with Gasteiger partial charge in [-0.2, -0.15) is 18.4 Å². The molecule has 3 aromatic carbocycles. The summed E-state index contributed by atoms with van der Waals surface area (Å²) in [6.07, 6.45) is -3.84. The van der Waals surface area contributed by atoms with Crippen LogP contribution in [0.4, 0.5) is 13.2 Å². The van der Waals surface area contributed by atoms with Crippen molar-refractivity contribution in [1.29, 1.82) is 5.26 Å². The lowest BCUT2D eigenvalue weighted by Gasteiger charge is -2.17. The van der Waals surface area contributed by atoms with Crippen LogP contribution >= 0.6 is 0 Å². The summed E-state index contributed by atoms with van der Waals surface area (Å²) in [5.41, 5.74) is 2.82. The highest BCUT2D eigenvalue weighted by Crippen LogP contribution is 2.30. The third kappa shape index (κ3) is 5.11. The molecule has 3 rings (SSSR count). The van der Waals surface area contributed by atoms with Crippen molar-refractivity contribution in [2.75, 3.05) is 0 Å². The lowest BCUT2D eigenvalue weighted by molar-refractivity contribution is -0.137. The summed E-state index contributed by atoms with van der Waals surface area (Å²) in [6.45, 7) is 1.98. The van der Waals surface area contributed by atoms with Crippen LogP contribution < -0.4 is 0 Å². The molecule has 0 spiro atoms. The summed E-state index contributed by atoms with van der Waals surface area (Å²) in [4.78, 5) is 4.66. The molecular formula is C24H19F3N2. The number of aliphatic imine (C=N–C) groups is 1. The number of alkyl halides is 3. The maximum absolute atomic E-state index is 12.8. The number of nitriles is 1. The quantitative estimate of drug-likeness (QED) is 0.469. The average Bonchev–Trinajstić information content (AvgIpc) is 2.72. The zero-order valence-corrected chi connectivity index (χ0v) is 15.8. The molecule has 5 heteroatoms. The van der Waals surface area contributed by atoms with E-state index in [0.717, 1.165) is 28.8 Å². The lowest BCUT2D eigenvalue weighted by atomic mass is 9.95. The molecule has 0 aliphatic heterocycles. The van der Waals surface area contributed by atoms with Crippen LogP contribution in [-0.2, 0) is 12.6 Å². The number of aryl methyl sites for hydroxylation is 1. The zero-order chi connectivity index (χ0) is 20.9. The van der Waals surface area contributed by atoms with Crippen molar-refractivity contribution in [2.45, 2.75) is 25.6 Å². The molecule has 0 aliphatic rings. The Hall–Kier alpha value is -3.39. The zero-order valence-electron chi connectivity index (χ0n) is 15.8. The Kier molecular flexibility index (Phi) is 6.13. The first-order valence-corrected chi connectivity index (χ1v) is 9.13. The maximum atomic E-state index is 12.8. The van der Waals surface area contributed by atoms with Crippen LogP contribution in [0.2, 0.25) is 0 Å². The molecule has 0 amide bonds. The largest absolute Gasteiger partial charge is 0.416 e. The number of halogens is 3. The summed E-state index contributed by atoms with van der Waals surface area (Å²) in [6, 6.07) is 23.9. The van der Waals surface area contributed by atoms with Crippen LogP contribution in [0.1, 0.15) is 33.9 Å². The highest BCUT2D eigenvalue weighted by Gasteiger charge is 2.30. The summed E-state index contributed by atoms with van der Waals surface area (Å²) in [5.74, 6) is 0. The first kappa shape index (κ1) is 20.3. The molecule has 29 heavy (non-hydrogen) atoms. The van der Waals surface area contributed by atoms with Crippen LogP contribution in [0.15, 0.2) is 83.9 Å². The number of nitrogens with zero attached hydrogens (tertiary/aromatic N) is 2. The van der Waals surface area contributed by atoms with Gasteiger partial charge in [0.1, 0.15) is 11.8 Å². The molecule has 0 saturated heterocycles. The second kappa shape index (κ2) is 8.74. The minimum Gasteiger partial charge on any atom is -0.265 e. The van der Waals surface area contributed by atoms with Gasteiger partial charge in [0.25, 0.3) is 0 Å². The van der Waals surface area contributed by atoms with E-state index in [9.17, 15) is 18.4 Å². The fourth-order valence-electron chi connectivity index (χ4n) is 3.16. The molecule has 0 radical (unpaired) electrons. The van der Waals surface area contributed by atoms with E-state index in [0.29, 0.717) is 12.0 Å². The van der Waals surface area contributed by atoms with Crippen molar-refractivity contribution in [2.24, 2.45) is 4.99 Å². The topological polar surface area (TPSA) is 36.1 Å². The normalized spacial score (nSPS) is 13.0. The Balaban J connectivity index is 2.01. The summed E-state index contributed by atoms with van der Waals surface area (Å²) in [7, 11) is 0. The van der Waals surface area contributed by atoms with Gasteiger partial charge in [-0.25, -0.2) is 0 Å². The van der Waals surface area contributed by atoms with Crippen molar-refractivity contribution in [1.82, 2.24) is 0 Å². The Morgan fingerprint density at radius 2 is 1.55 bits per heavy atom. The molecule has 0 heterocycles. The number of hydrogen-bond acceptors (Lipinski definition) is 2. The Bertz CT molecular complexity index is 1030. The SMILES string of the molecule is Cc1ccccc1[C@@H](Cc1ccccc1)N=C(C#N)c1ccc(C(F)(F)F)cc1. The molecule has 0 N–H and O–H groups in total. The number of rotatable bonds is 5. The van der Waals surface area contributed by atoms with E-state index in [4.69, 9.17) is 0 Å². The predicted molar refractivity (Wildman–Crippen MR) is 108 cm³/mol. The van der Waals surface area contributed by atoms with Crippen LogP contribution in [-0.4, -0.2) is 5.71 Å². The molecule has 2 nitrogen and oxygen atoms in total. The number of benzene rings is 3. The smallest absolute Gasteiger partial charge is 0.265 e. The molecule has 146 valence electrons. The van der Waals surface area contributed by atoms with Gasteiger partial charge >= 0.3 is 6.18 Å². The van der Waals surface area contributed by atoms with E-state index in [1.807, 2.05) is 61.5 Å². The van der Waals surface area contributed by atoms with Crippen molar-refractivity contribution in [3.8, 4) is 6.07 Å². The first-order valence-electron chi connectivity index (χ1n) is 9.13. The maximum Gasteiger partial charge on any atom is 0.416 e. The van der Waals surface area contributed by atoms with Crippen LogP contribution in [0, 0.1) is 18.3 Å². The highest BCUT2D eigenvalue weighted by atomic mass is 19.4. The first-order chi connectivity index (χ1) is 13.9. The van der Waals surface area contributed by atoms with Gasteiger partial charge in [-0.3, -0.25) is 4.99 Å². The van der Waals surface area contributed by atoms with Gasteiger partial charge in [0.2, 0.25) is 0 Å². The van der Waals surface area contributed by atoms with Gasteiger partial charge < -0.3 is 0 Å². The Morgan fingerprint density at radius 3 is 2.14 bits per heavy atom. The standard InChI is InChI=1S/C24H19F3N2/c1-17-7-5-6-10-21(17)22(15-18-8-3-2-4-9-18)29-23(16-28)19-11-13-20(14-12-19)24(25,26)27/h2-14,22H,15H2,1H3/t22-/m1/s1. The fourth-order valence-corrected chi connectivity index (χ4v) is 3.16. The fraction of sp³-hybridized carbons (Fsp3) is 0.167.